The van der Waals surface area contributed by atoms with Gasteiger partial charge < -0.3 is 0 Å². The maximum absolute atomic E-state index is 5.37. The molecule has 230 valence electrons. The summed E-state index contributed by atoms with van der Waals surface area (Å²) in [7, 11) is 0. The lowest BCUT2D eigenvalue weighted by molar-refractivity contribution is 0.662. The van der Waals surface area contributed by atoms with Crippen molar-refractivity contribution < 1.29 is 0 Å². The maximum Gasteiger partial charge on any atom is 0.0972 e. The number of rotatable bonds is 3. The van der Waals surface area contributed by atoms with E-state index in [2.05, 4.69) is 158 Å². The van der Waals surface area contributed by atoms with Crippen molar-refractivity contribution in [1.82, 2.24) is 15.0 Å². The molecule has 0 bridgehead atoms. The number of hydrogen-bond donors (Lipinski definition) is 0. The Kier molecular flexibility index (Phi) is 5.92. The third-order valence-corrected chi connectivity index (χ3v) is 10.5. The van der Waals surface area contributed by atoms with Crippen molar-refractivity contribution in [3.63, 3.8) is 0 Å². The highest BCUT2D eigenvalue weighted by atomic mass is 14.8. The van der Waals surface area contributed by atoms with E-state index in [1.807, 2.05) is 12.3 Å². The molecule has 0 fully saturated rings. The summed E-state index contributed by atoms with van der Waals surface area (Å²) in [5.41, 5.74) is 14.5. The minimum Gasteiger partial charge on any atom is -0.254 e. The molecule has 9 aromatic rings. The third kappa shape index (κ3) is 4.19. The monoisotopic (exact) mass is 625 g/mol. The molecule has 0 N–H and O–H groups in total. The summed E-state index contributed by atoms with van der Waals surface area (Å²) in [6.07, 6.45) is 1.84. The summed E-state index contributed by atoms with van der Waals surface area (Å²) in [4.78, 5) is 15.1. The van der Waals surface area contributed by atoms with E-state index in [-0.39, 0.29) is 5.41 Å². The summed E-state index contributed by atoms with van der Waals surface area (Å²) >= 11 is 0. The standard InChI is InChI=1S/C46H31N3/c1-46(2)37-15-6-5-14-36(37)45-42(46)40(41-35-13-4-3-9-29(35)22-25-39(41)49-45)34-11-7-10-33(27-34)28-16-18-30(19-17-28)38-24-23-32-21-20-31-12-8-26-47-43(31)44(32)48-38/h3-27H,1-2H3. The van der Waals surface area contributed by atoms with Gasteiger partial charge in [-0.25, -0.2) is 9.97 Å². The third-order valence-electron chi connectivity index (χ3n) is 10.5. The molecular weight excluding hydrogens is 595 g/mol. The van der Waals surface area contributed by atoms with Crippen molar-refractivity contribution in [2.45, 2.75) is 19.3 Å². The SMILES string of the molecule is CC1(C)c2ccccc2-c2nc3ccc4ccccc4c3c(-c3cccc(-c4ccc(-c5ccc6ccc7cccnc7c6n5)cc4)c3)c21. The molecule has 0 unspecified atom stereocenters. The van der Waals surface area contributed by atoms with Gasteiger partial charge in [0.05, 0.1) is 27.9 Å². The Bertz CT molecular complexity index is 2790. The first-order valence-electron chi connectivity index (χ1n) is 16.9. The first kappa shape index (κ1) is 27.9. The van der Waals surface area contributed by atoms with Crippen molar-refractivity contribution in [3.8, 4) is 44.8 Å². The van der Waals surface area contributed by atoms with Crippen molar-refractivity contribution in [3.05, 3.63) is 163 Å². The van der Waals surface area contributed by atoms with Gasteiger partial charge in [-0.05, 0) is 68.4 Å². The fraction of sp³-hybridized carbons (Fsp3) is 0.0652. The van der Waals surface area contributed by atoms with E-state index in [4.69, 9.17) is 9.97 Å². The molecule has 0 radical (unpaired) electrons. The molecule has 0 saturated heterocycles. The lowest BCUT2D eigenvalue weighted by atomic mass is 9.77. The lowest BCUT2D eigenvalue weighted by Gasteiger charge is -2.26. The maximum atomic E-state index is 5.37. The largest absolute Gasteiger partial charge is 0.254 e. The van der Waals surface area contributed by atoms with Gasteiger partial charge in [-0.2, -0.15) is 0 Å². The van der Waals surface area contributed by atoms with Crippen molar-refractivity contribution >= 4 is 43.5 Å². The fourth-order valence-electron chi connectivity index (χ4n) is 8.07. The Morgan fingerprint density at radius 3 is 2.12 bits per heavy atom. The van der Waals surface area contributed by atoms with Crippen LogP contribution in [0.2, 0.25) is 0 Å². The van der Waals surface area contributed by atoms with Crippen LogP contribution in [0.3, 0.4) is 0 Å². The van der Waals surface area contributed by atoms with Crippen molar-refractivity contribution in [2.75, 3.05) is 0 Å². The summed E-state index contributed by atoms with van der Waals surface area (Å²) in [5, 5.41) is 5.87. The van der Waals surface area contributed by atoms with Gasteiger partial charge >= 0.3 is 0 Å². The number of aromatic nitrogens is 3. The van der Waals surface area contributed by atoms with Gasteiger partial charge in [0.15, 0.2) is 0 Å². The van der Waals surface area contributed by atoms with Crippen molar-refractivity contribution in [1.29, 1.82) is 0 Å². The fourth-order valence-corrected chi connectivity index (χ4v) is 8.07. The number of benzene rings is 6. The predicted octanol–water partition coefficient (Wildman–Crippen LogP) is 11.8. The minimum absolute atomic E-state index is 0.204. The molecule has 0 spiro atoms. The normalized spacial score (nSPS) is 13.3. The van der Waals surface area contributed by atoms with E-state index in [0.29, 0.717) is 0 Å². The van der Waals surface area contributed by atoms with Gasteiger partial charge in [0, 0.05) is 38.9 Å². The molecule has 3 heterocycles. The first-order chi connectivity index (χ1) is 24.0. The van der Waals surface area contributed by atoms with Crippen molar-refractivity contribution in [2.24, 2.45) is 0 Å². The number of fused-ring (bicyclic) bond motifs is 9. The molecule has 1 aliphatic rings. The molecule has 3 nitrogen and oxygen atoms in total. The van der Waals surface area contributed by atoms with Crippen LogP contribution in [0, 0.1) is 0 Å². The lowest BCUT2D eigenvalue weighted by Crippen LogP contribution is -2.16. The van der Waals surface area contributed by atoms with Crippen LogP contribution >= 0.6 is 0 Å². The molecule has 49 heavy (non-hydrogen) atoms. The Labute approximate surface area is 284 Å². The topological polar surface area (TPSA) is 38.7 Å². The number of hydrogen-bond acceptors (Lipinski definition) is 3. The van der Waals surface area contributed by atoms with Crippen LogP contribution < -0.4 is 0 Å². The average Bonchev–Trinajstić information content (AvgIpc) is 3.39. The molecule has 3 aromatic heterocycles. The molecule has 0 aliphatic heterocycles. The molecule has 0 amide bonds. The summed E-state index contributed by atoms with van der Waals surface area (Å²) < 4.78 is 0. The number of pyridine rings is 3. The zero-order chi connectivity index (χ0) is 32.7. The van der Waals surface area contributed by atoms with Crippen LogP contribution in [0.4, 0.5) is 0 Å². The molecule has 0 atom stereocenters. The average molecular weight is 626 g/mol. The summed E-state index contributed by atoms with van der Waals surface area (Å²) in [6, 6.07) is 52.2. The van der Waals surface area contributed by atoms with E-state index in [0.717, 1.165) is 44.3 Å². The van der Waals surface area contributed by atoms with Gasteiger partial charge in [0.1, 0.15) is 0 Å². The van der Waals surface area contributed by atoms with Gasteiger partial charge in [-0.15, -0.1) is 0 Å². The Morgan fingerprint density at radius 2 is 1.22 bits per heavy atom. The zero-order valence-corrected chi connectivity index (χ0v) is 27.3. The molecule has 10 rings (SSSR count). The van der Waals surface area contributed by atoms with E-state index < -0.39 is 0 Å². The molecule has 0 saturated carbocycles. The first-order valence-corrected chi connectivity index (χ1v) is 16.9. The number of nitrogens with zero attached hydrogens (tertiary/aromatic N) is 3. The van der Waals surface area contributed by atoms with Crippen LogP contribution in [0.25, 0.3) is 88.2 Å². The highest BCUT2D eigenvalue weighted by molar-refractivity contribution is 6.16. The van der Waals surface area contributed by atoms with Crippen LogP contribution in [-0.4, -0.2) is 15.0 Å². The van der Waals surface area contributed by atoms with Crippen LogP contribution in [0.1, 0.15) is 25.0 Å². The van der Waals surface area contributed by atoms with Gasteiger partial charge in [0.25, 0.3) is 0 Å². The highest BCUT2D eigenvalue weighted by Gasteiger charge is 2.39. The van der Waals surface area contributed by atoms with Gasteiger partial charge in [0.2, 0.25) is 0 Å². The zero-order valence-electron chi connectivity index (χ0n) is 27.3. The van der Waals surface area contributed by atoms with E-state index in [1.165, 1.54) is 55.1 Å². The predicted molar refractivity (Wildman–Crippen MR) is 204 cm³/mol. The Balaban J connectivity index is 1.13. The Hall–Kier alpha value is -6.19. The van der Waals surface area contributed by atoms with E-state index >= 15 is 0 Å². The van der Waals surface area contributed by atoms with Crippen LogP contribution in [0.15, 0.2) is 152 Å². The minimum atomic E-state index is -0.204. The van der Waals surface area contributed by atoms with Crippen LogP contribution in [0.5, 0.6) is 0 Å². The summed E-state index contributed by atoms with van der Waals surface area (Å²) in [5.74, 6) is 0. The quantitative estimate of drug-likeness (QED) is 0.183. The van der Waals surface area contributed by atoms with Gasteiger partial charge in [-0.1, -0.05) is 135 Å². The van der Waals surface area contributed by atoms with Gasteiger partial charge in [-0.3, -0.25) is 4.98 Å². The molecule has 1 aliphatic carbocycles. The molecular formula is C46H31N3. The molecule has 3 heteroatoms. The Morgan fingerprint density at radius 1 is 0.510 bits per heavy atom. The smallest absolute Gasteiger partial charge is 0.0972 e. The second kappa shape index (κ2) is 10.4. The molecule has 6 aromatic carbocycles. The van der Waals surface area contributed by atoms with Crippen LogP contribution in [-0.2, 0) is 5.41 Å². The summed E-state index contributed by atoms with van der Waals surface area (Å²) in [6.45, 7) is 4.70. The second-order valence-electron chi connectivity index (χ2n) is 13.6. The second-order valence-corrected chi connectivity index (χ2v) is 13.6. The highest BCUT2D eigenvalue weighted by Crippen LogP contribution is 2.54. The van der Waals surface area contributed by atoms with E-state index in [9.17, 15) is 0 Å². The van der Waals surface area contributed by atoms with E-state index in [1.54, 1.807) is 0 Å².